The molecule has 0 unspecified atom stereocenters. The van der Waals surface area contributed by atoms with E-state index in [0.717, 1.165) is 0 Å². The molecule has 1 aromatic rings. The van der Waals surface area contributed by atoms with Gasteiger partial charge in [-0.2, -0.15) is 4.39 Å². The number of hydrogen-bond donors (Lipinski definition) is 2. The SMILES string of the molecule is CC(C)(CBr)CNC(=O)c1cc(F)c(F)c(O)c1F. The highest BCUT2D eigenvalue weighted by atomic mass is 79.9. The Balaban J connectivity index is 2.96. The van der Waals surface area contributed by atoms with E-state index in [9.17, 15) is 18.0 Å². The lowest BCUT2D eigenvalue weighted by Gasteiger charge is -2.22. The molecule has 0 heterocycles. The van der Waals surface area contributed by atoms with Crippen molar-refractivity contribution in [2.75, 3.05) is 11.9 Å². The minimum Gasteiger partial charge on any atom is -0.503 e. The number of phenols is 1. The van der Waals surface area contributed by atoms with Crippen molar-refractivity contribution in [2.24, 2.45) is 5.41 Å². The van der Waals surface area contributed by atoms with Crippen molar-refractivity contribution in [1.82, 2.24) is 5.32 Å². The molecule has 106 valence electrons. The number of hydrogen-bond acceptors (Lipinski definition) is 2. The van der Waals surface area contributed by atoms with E-state index in [2.05, 4.69) is 21.2 Å². The molecule has 0 aliphatic carbocycles. The van der Waals surface area contributed by atoms with E-state index in [1.54, 1.807) is 0 Å². The average molecular weight is 340 g/mol. The first kappa shape index (κ1) is 15.8. The number of carbonyl (C=O) groups is 1. The van der Waals surface area contributed by atoms with E-state index in [1.165, 1.54) is 0 Å². The van der Waals surface area contributed by atoms with E-state index in [4.69, 9.17) is 5.11 Å². The Morgan fingerprint density at radius 3 is 2.47 bits per heavy atom. The molecule has 0 aliphatic heterocycles. The van der Waals surface area contributed by atoms with Gasteiger partial charge in [-0.05, 0) is 11.5 Å². The fourth-order valence-corrected chi connectivity index (χ4v) is 1.42. The fourth-order valence-electron chi connectivity index (χ4n) is 1.22. The van der Waals surface area contributed by atoms with E-state index in [1.807, 2.05) is 13.8 Å². The van der Waals surface area contributed by atoms with Crippen LogP contribution in [0.1, 0.15) is 24.2 Å². The van der Waals surface area contributed by atoms with Crippen LogP contribution in [0.2, 0.25) is 0 Å². The summed E-state index contributed by atoms with van der Waals surface area (Å²) >= 11 is 3.25. The molecule has 0 saturated heterocycles. The van der Waals surface area contributed by atoms with Gasteiger partial charge in [-0.1, -0.05) is 29.8 Å². The van der Waals surface area contributed by atoms with Crippen molar-refractivity contribution in [2.45, 2.75) is 13.8 Å². The largest absolute Gasteiger partial charge is 0.503 e. The smallest absolute Gasteiger partial charge is 0.254 e. The van der Waals surface area contributed by atoms with Gasteiger partial charge in [-0.25, -0.2) is 8.78 Å². The zero-order valence-corrected chi connectivity index (χ0v) is 11.9. The van der Waals surface area contributed by atoms with Crippen molar-refractivity contribution in [3.63, 3.8) is 0 Å². The molecule has 3 nitrogen and oxygen atoms in total. The van der Waals surface area contributed by atoms with E-state index < -0.39 is 34.7 Å². The number of carbonyl (C=O) groups excluding carboxylic acids is 1. The third-order valence-electron chi connectivity index (χ3n) is 2.47. The molecule has 0 saturated carbocycles. The lowest BCUT2D eigenvalue weighted by atomic mass is 9.96. The van der Waals surface area contributed by atoms with Crippen LogP contribution >= 0.6 is 15.9 Å². The van der Waals surface area contributed by atoms with Crippen molar-refractivity contribution < 1.29 is 23.1 Å². The molecule has 19 heavy (non-hydrogen) atoms. The zero-order chi connectivity index (χ0) is 14.8. The Hall–Kier alpha value is -1.24. The van der Waals surface area contributed by atoms with E-state index in [-0.39, 0.29) is 12.0 Å². The van der Waals surface area contributed by atoms with Crippen LogP contribution in [0, 0.1) is 22.9 Å². The number of amides is 1. The van der Waals surface area contributed by atoms with Gasteiger partial charge in [0.05, 0.1) is 5.56 Å². The fraction of sp³-hybridized carbons (Fsp3) is 0.417. The minimum atomic E-state index is -1.71. The predicted octanol–water partition coefficient (Wildman–Crippen LogP) is 2.96. The molecule has 0 atom stereocenters. The molecular formula is C12H13BrF3NO2. The second-order valence-corrected chi connectivity index (χ2v) is 5.42. The molecule has 2 N–H and O–H groups in total. The molecule has 0 spiro atoms. The standard InChI is InChI=1S/C12H13BrF3NO2/c1-12(2,4-13)5-17-11(19)6-3-7(14)9(16)10(18)8(6)15/h3,18H,4-5H2,1-2H3,(H,17,19). The Kier molecular flexibility index (Phi) is 4.84. The van der Waals surface area contributed by atoms with E-state index >= 15 is 0 Å². The summed E-state index contributed by atoms with van der Waals surface area (Å²) in [6.45, 7) is 3.90. The lowest BCUT2D eigenvalue weighted by molar-refractivity contribution is 0.0934. The van der Waals surface area contributed by atoms with Crippen LogP contribution in [0.4, 0.5) is 13.2 Å². The Morgan fingerprint density at radius 1 is 1.37 bits per heavy atom. The zero-order valence-electron chi connectivity index (χ0n) is 10.4. The van der Waals surface area contributed by atoms with Gasteiger partial charge in [0.2, 0.25) is 5.82 Å². The number of benzene rings is 1. The molecule has 0 fully saturated rings. The number of aromatic hydroxyl groups is 1. The summed E-state index contributed by atoms with van der Waals surface area (Å²) in [5.41, 5.74) is -1.02. The summed E-state index contributed by atoms with van der Waals surface area (Å²) in [6, 6.07) is 0.418. The maximum absolute atomic E-state index is 13.5. The number of nitrogens with one attached hydrogen (secondary N) is 1. The van der Waals surface area contributed by atoms with Gasteiger partial charge in [0.25, 0.3) is 5.91 Å². The maximum atomic E-state index is 13.5. The molecule has 0 bridgehead atoms. The maximum Gasteiger partial charge on any atom is 0.254 e. The summed E-state index contributed by atoms with van der Waals surface area (Å²) in [6.07, 6.45) is 0. The van der Waals surface area contributed by atoms with Crippen molar-refractivity contribution in [1.29, 1.82) is 0 Å². The van der Waals surface area contributed by atoms with Crippen LogP contribution in [-0.2, 0) is 0 Å². The Bertz CT molecular complexity index is 506. The van der Waals surface area contributed by atoms with Gasteiger partial charge >= 0.3 is 0 Å². The normalized spacial score (nSPS) is 11.5. The number of halogens is 4. The summed E-state index contributed by atoms with van der Waals surface area (Å²) in [7, 11) is 0. The first-order valence-corrected chi connectivity index (χ1v) is 6.52. The highest BCUT2D eigenvalue weighted by molar-refractivity contribution is 9.09. The van der Waals surface area contributed by atoms with Crippen LogP contribution in [0.3, 0.4) is 0 Å². The second kappa shape index (κ2) is 5.81. The topological polar surface area (TPSA) is 49.3 Å². The first-order chi connectivity index (χ1) is 8.69. The molecule has 1 aromatic carbocycles. The minimum absolute atomic E-state index is 0.205. The molecule has 1 amide bonds. The van der Waals surface area contributed by atoms with Crippen LogP contribution < -0.4 is 5.32 Å². The summed E-state index contributed by atoms with van der Waals surface area (Å²) in [5.74, 6) is -7.09. The van der Waals surface area contributed by atoms with Gasteiger partial charge in [0.1, 0.15) is 0 Å². The number of phenolic OH excluding ortho intramolecular Hbond substituents is 1. The van der Waals surface area contributed by atoms with Crippen molar-refractivity contribution in [3.05, 3.63) is 29.1 Å². The second-order valence-electron chi connectivity index (χ2n) is 4.86. The van der Waals surface area contributed by atoms with Crippen LogP contribution in [0.25, 0.3) is 0 Å². The Morgan fingerprint density at radius 2 is 1.95 bits per heavy atom. The quantitative estimate of drug-likeness (QED) is 0.654. The Labute approximate surface area is 116 Å². The lowest BCUT2D eigenvalue weighted by Crippen LogP contribution is -2.35. The molecule has 0 aliphatic rings. The molecule has 0 aromatic heterocycles. The summed E-state index contributed by atoms with van der Waals surface area (Å²) in [4.78, 5) is 11.7. The molecule has 7 heteroatoms. The van der Waals surface area contributed by atoms with Gasteiger partial charge in [0, 0.05) is 11.9 Å². The summed E-state index contributed by atoms with van der Waals surface area (Å²) < 4.78 is 39.4. The van der Waals surface area contributed by atoms with Crippen LogP contribution in [0.5, 0.6) is 5.75 Å². The van der Waals surface area contributed by atoms with Gasteiger partial charge < -0.3 is 10.4 Å². The molecular weight excluding hydrogens is 327 g/mol. The van der Waals surface area contributed by atoms with Crippen LogP contribution in [-0.4, -0.2) is 22.9 Å². The monoisotopic (exact) mass is 339 g/mol. The number of alkyl halides is 1. The van der Waals surface area contributed by atoms with Gasteiger partial charge in [0.15, 0.2) is 17.4 Å². The van der Waals surface area contributed by atoms with Crippen LogP contribution in [0.15, 0.2) is 6.07 Å². The number of rotatable bonds is 4. The summed E-state index contributed by atoms with van der Waals surface area (Å²) in [5, 5.41) is 12.0. The first-order valence-electron chi connectivity index (χ1n) is 5.40. The highest BCUT2D eigenvalue weighted by Crippen LogP contribution is 2.26. The van der Waals surface area contributed by atoms with Gasteiger partial charge in [-0.3, -0.25) is 4.79 Å². The average Bonchev–Trinajstić information content (AvgIpc) is 2.38. The molecule has 1 rings (SSSR count). The van der Waals surface area contributed by atoms with Gasteiger partial charge in [-0.15, -0.1) is 0 Å². The predicted molar refractivity (Wildman–Crippen MR) is 67.9 cm³/mol. The van der Waals surface area contributed by atoms with Crippen molar-refractivity contribution in [3.8, 4) is 5.75 Å². The van der Waals surface area contributed by atoms with E-state index in [0.29, 0.717) is 11.4 Å². The molecule has 0 radical (unpaired) electrons. The third kappa shape index (κ3) is 3.62. The highest BCUT2D eigenvalue weighted by Gasteiger charge is 2.24. The third-order valence-corrected chi connectivity index (χ3v) is 3.98. The van der Waals surface area contributed by atoms with Crippen molar-refractivity contribution >= 4 is 21.8 Å².